The molecular formula is C29H16N2OS. The summed E-state index contributed by atoms with van der Waals surface area (Å²) in [4.78, 5) is 4.30. The van der Waals surface area contributed by atoms with Gasteiger partial charge in [0, 0.05) is 37.0 Å². The van der Waals surface area contributed by atoms with Crippen molar-refractivity contribution in [3.63, 3.8) is 0 Å². The molecule has 3 heterocycles. The van der Waals surface area contributed by atoms with Gasteiger partial charge in [0.15, 0.2) is 12.0 Å². The van der Waals surface area contributed by atoms with Crippen molar-refractivity contribution in [2.75, 3.05) is 0 Å². The van der Waals surface area contributed by atoms with Crippen LogP contribution in [-0.2, 0) is 0 Å². The van der Waals surface area contributed by atoms with Crippen molar-refractivity contribution >= 4 is 75.2 Å². The Morgan fingerprint density at radius 3 is 2.36 bits per heavy atom. The minimum absolute atomic E-state index is 0.797. The van der Waals surface area contributed by atoms with E-state index in [4.69, 9.17) is 4.42 Å². The molecule has 0 aliphatic heterocycles. The Morgan fingerprint density at radius 2 is 1.42 bits per heavy atom. The van der Waals surface area contributed by atoms with Gasteiger partial charge in [0.1, 0.15) is 5.52 Å². The molecule has 0 N–H and O–H groups in total. The smallest absolute Gasteiger partial charge is 0.181 e. The Hall–Kier alpha value is -4.15. The van der Waals surface area contributed by atoms with Crippen molar-refractivity contribution in [1.29, 1.82) is 0 Å². The van der Waals surface area contributed by atoms with Gasteiger partial charge in [-0.15, -0.1) is 11.3 Å². The molecule has 8 aromatic rings. The summed E-state index contributed by atoms with van der Waals surface area (Å²) in [6, 6.07) is 32.9. The molecular weight excluding hydrogens is 424 g/mol. The molecule has 33 heavy (non-hydrogen) atoms. The maximum atomic E-state index is 5.64. The SMILES string of the molecule is c1ccc2cc3c(cc2c1)c1cc2sc4ccccc4c2cc1n3-c1ccc2ncoc2c1. The number of nitrogens with zero attached hydrogens (tertiary/aromatic N) is 2. The van der Waals surface area contributed by atoms with Crippen LogP contribution in [0.5, 0.6) is 0 Å². The van der Waals surface area contributed by atoms with Gasteiger partial charge in [-0.1, -0.05) is 42.5 Å². The number of hydrogen-bond acceptors (Lipinski definition) is 3. The predicted octanol–water partition coefficient (Wildman–Crippen LogP) is 8.45. The predicted molar refractivity (Wildman–Crippen MR) is 139 cm³/mol. The molecule has 0 radical (unpaired) electrons. The molecule has 0 aliphatic rings. The van der Waals surface area contributed by atoms with Gasteiger partial charge in [0.2, 0.25) is 0 Å². The third kappa shape index (κ3) is 2.36. The first-order chi connectivity index (χ1) is 16.3. The fourth-order valence-corrected chi connectivity index (χ4v) is 6.31. The van der Waals surface area contributed by atoms with Crippen LogP contribution in [0.25, 0.3) is 69.5 Å². The van der Waals surface area contributed by atoms with Gasteiger partial charge >= 0.3 is 0 Å². The Labute approximate surface area is 192 Å². The maximum absolute atomic E-state index is 5.64. The molecule has 8 rings (SSSR count). The van der Waals surface area contributed by atoms with Crippen LogP contribution in [0.15, 0.2) is 102 Å². The Bertz CT molecular complexity index is 2040. The molecule has 3 nitrogen and oxygen atoms in total. The highest BCUT2D eigenvalue weighted by atomic mass is 32.1. The average molecular weight is 441 g/mol. The van der Waals surface area contributed by atoms with Crippen molar-refractivity contribution in [2.24, 2.45) is 0 Å². The second kappa shape index (κ2) is 6.21. The van der Waals surface area contributed by atoms with Crippen LogP contribution in [0, 0.1) is 0 Å². The lowest BCUT2D eigenvalue weighted by Gasteiger charge is -2.08. The monoisotopic (exact) mass is 440 g/mol. The lowest BCUT2D eigenvalue weighted by atomic mass is 10.1. The van der Waals surface area contributed by atoms with E-state index in [1.165, 1.54) is 59.1 Å². The lowest BCUT2D eigenvalue weighted by molar-refractivity contribution is 0.602. The number of aromatic nitrogens is 2. The molecule has 0 bridgehead atoms. The van der Waals surface area contributed by atoms with Gasteiger partial charge in [-0.05, 0) is 53.2 Å². The molecule has 0 fully saturated rings. The normalized spacial score (nSPS) is 12.2. The molecule has 0 unspecified atom stereocenters. The molecule has 0 saturated heterocycles. The summed E-state index contributed by atoms with van der Waals surface area (Å²) >= 11 is 1.86. The van der Waals surface area contributed by atoms with Crippen LogP contribution in [-0.4, -0.2) is 9.55 Å². The number of thiophene rings is 1. The first kappa shape index (κ1) is 17.4. The van der Waals surface area contributed by atoms with Crippen LogP contribution in [0.4, 0.5) is 0 Å². The summed E-state index contributed by atoms with van der Waals surface area (Å²) in [6.45, 7) is 0. The van der Waals surface area contributed by atoms with Gasteiger partial charge in [0.25, 0.3) is 0 Å². The van der Waals surface area contributed by atoms with Crippen molar-refractivity contribution < 1.29 is 4.42 Å². The average Bonchev–Trinajstić information content (AvgIpc) is 3.54. The maximum Gasteiger partial charge on any atom is 0.181 e. The van der Waals surface area contributed by atoms with Crippen LogP contribution in [0.2, 0.25) is 0 Å². The van der Waals surface area contributed by atoms with Gasteiger partial charge in [-0.3, -0.25) is 0 Å². The van der Waals surface area contributed by atoms with E-state index >= 15 is 0 Å². The van der Waals surface area contributed by atoms with Crippen LogP contribution in [0.3, 0.4) is 0 Å². The van der Waals surface area contributed by atoms with Crippen molar-refractivity contribution in [1.82, 2.24) is 9.55 Å². The summed E-state index contributed by atoms with van der Waals surface area (Å²) in [5, 5.41) is 7.64. The molecule has 4 heteroatoms. The second-order valence-electron chi connectivity index (χ2n) is 8.52. The van der Waals surface area contributed by atoms with Crippen LogP contribution in [0.1, 0.15) is 0 Å². The highest BCUT2D eigenvalue weighted by molar-refractivity contribution is 7.25. The minimum atomic E-state index is 0.797. The quantitative estimate of drug-likeness (QED) is 0.256. The molecule has 3 aromatic heterocycles. The van der Waals surface area contributed by atoms with E-state index in [1.54, 1.807) is 0 Å². The number of oxazole rings is 1. The third-order valence-corrected chi connectivity index (χ3v) is 7.84. The standard InChI is InChI=1S/C29H16N2OS/c1-2-6-18-12-25-21(11-17(18)5-1)22-15-29-23(20-7-3-4-8-28(20)33-29)14-26(22)31(25)19-9-10-24-27(13-19)32-16-30-24/h1-16H. The number of hydrogen-bond donors (Lipinski definition) is 0. The zero-order valence-electron chi connectivity index (χ0n) is 17.4. The molecule has 0 aliphatic carbocycles. The number of benzene rings is 5. The fourth-order valence-electron chi connectivity index (χ4n) is 5.18. The number of rotatable bonds is 1. The van der Waals surface area contributed by atoms with E-state index in [9.17, 15) is 0 Å². The van der Waals surface area contributed by atoms with Crippen molar-refractivity contribution in [2.45, 2.75) is 0 Å². The second-order valence-corrected chi connectivity index (χ2v) is 9.60. The fraction of sp³-hybridized carbons (Fsp3) is 0. The molecule has 0 amide bonds. The molecule has 0 saturated carbocycles. The summed E-state index contributed by atoms with van der Waals surface area (Å²) in [7, 11) is 0. The summed E-state index contributed by atoms with van der Waals surface area (Å²) in [5.41, 5.74) is 5.15. The Balaban J connectivity index is 1.59. The first-order valence-electron chi connectivity index (χ1n) is 11.0. The highest BCUT2D eigenvalue weighted by Crippen LogP contribution is 2.41. The Kier molecular flexibility index (Phi) is 3.28. The lowest BCUT2D eigenvalue weighted by Crippen LogP contribution is -1.93. The summed E-state index contributed by atoms with van der Waals surface area (Å²) < 4.78 is 10.7. The van der Waals surface area contributed by atoms with Crippen molar-refractivity contribution in [3.8, 4) is 5.69 Å². The highest BCUT2D eigenvalue weighted by Gasteiger charge is 2.17. The zero-order valence-corrected chi connectivity index (χ0v) is 18.3. The largest absolute Gasteiger partial charge is 0.443 e. The van der Waals surface area contributed by atoms with E-state index in [0.717, 1.165) is 16.8 Å². The van der Waals surface area contributed by atoms with E-state index in [0.29, 0.717) is 0 Å². The Morgan fingerprint density at radius 1 is 0.636 bits per heavy atom. The van der Waals surface area contributed by atoms with Gasteiger partial charge in [-0.2, -0.15) is 0 Å². The van der Waals surface area contributed by atoms with Crippen LogP contribution >= 0.6 is 11.3 Å². The molecule has 0 atom stereocenters. The van der Waals surface area contributed by atoms with E-state index < -0.39 is 0 Å². The molecule has 5 aromatic carbocycles. The zero-order chi connectivity index (χ0) is 21.5. The topological polar surface area (TPSA) is 31.0 Å². The molecule has 154 valence electrons. The van der Waals surface area contributed by atoms with Gasteiger partial charge < -0.3 is 8.98 Å². The number of fused-ring (bicyclic) bond motifs is 8. The minimum Gasteiger partial charge on any atom is -0.443 e. The van der Waals surface area contributed by atoms with E-state index in [2.05, 4.69) is 94.5 Å². The van der Waals surface area contributed by atoms with Crippen molar-refractivity contribution in [3.05, 3.63) is 97.4 Å². The summed E-state index contributed by atoms with van der Waals surface area (Å²) in [6.07, 6.45) is 1.51. The summed E-state index contributed by atoms with van der Waals surface area (Å²) in [5.74, 6) is 0. The van der Waals surface area contributed by atoms with E-state index in [-0.39, 0.29) is 0 Å². The van der Waals surface area contributed by atoms with Gasteiger partial charge in [0.05, 0.1) is 16.7 Å². The third-order valence-electron chi connectivity index (χ3n) is 6.70. The van der Waals surface area contributed by atoms with Gasteiger partial charge in [-0.25, -0.2) is 4.98 Å². The van der Waals surface area contributed by atoms with Crippen LogP contribution < -0.4 is 0 Å². The van der Waals surface area contributed by atoms with E-state index in [1.807, 2.05) is 17.4 Å². The molecule has 0 spiro atoms. The first-order valence-corrected chi connectivity index (χ1v) is 11.8.